The normalized spacial score (nSPS) is 16.6. The minimum absolute atomic E-state index is 0.108. The lowest BCUT2D eigenvalue weighted by atomic mass is 10.2. The topological polar surface area (TPSA) is 101 Å². The molecule has 0 saturated carbocycles. The van der Waals surface area contributed by atoms with Gasteiger partial charge in [0.2, 0.25) is 11.8 Å². The summed E-state index contributed by atoms with van der Waals surface area (Å²) in [6.45, 7) is 0.480. The molecule has 1 amide bonds. The quantitative estimate of drug-likeness (QED) is 0.873. The molecule has 0 unspecified atom stereocenters. The molecule has 0 bridgehead atoms. The first-order valence-electron chi connectivity index (χ1n) is 7.85. The van der Waals surface area contributed by atoms with Gasteiger partial charge in [-0.05, 0) is 18.4 Å². The second kappa shape index (κ2) is 7.16. The molecule has 8 heteroatoms. The third kappa shape index (κ3) is 3.68. The highest BCUT2D eigenvalue weighted by Crippen LogP contribution is 2.22. The van der Waals surface area contributed by atoms with Crippen molar-refractivity contribution in [2.75, 3.05) is 6.54 Å². The zero-order chi connectivity index (χ0) is 17.8. The van der Waals surface area contributed by atoms with Crippen LogP contribution in [0.5, 0.6) is 11.8 Å². The molecule has 1 atom stereocenters. The van der Waals surface area contributed by atoms with Crippen LogP contribution in [0.15, 0.2) is 42.5 Å². The van der Waals surface area contributed by atoms with Crippen LogP contribution in [0.4, 0.5) is 4.79 Å². The molecule has 2 aromatic rings. The Morgan fingerprint density at radius 2 is 1.76 bits per heavy atom. The number of carbonyl (C=O) groups is 2. The van der Waals surface area contributed by atoms with Gasteiger partial charge in [0.05, 0.1) is 0 Å². The highest BCUT2D eigenvalue weighted by molar-refractivity contribution is 5.82. The molecule has 1 aromatic heterocycles. The van der Waals surface area contributed by atoms with Crippen LogP contribution < -0.4 is 4.84 Å². The van der Waals surface area contributed by atoms with Crippen LogP contribution in [0.2, 0.25) is 0 Å². The lowest BCUT2D eigenvalue weighted by Crippen LogP contribution is -2.44. The van der Waals surface area contributed by atoms with E-state index in [2.05, 4.69) is 0 Å². The molecule has 1 fully saturated rings. The van der Waals surface area contributed by atoms with Crippen molar-refractivity contribution in [3.63, 3.8) is 0 Å². The number of ether oxygens (including phenoxy) is 1. The molecular weight excluding hydrogens is 328 g/mol. The number of rotatable bonds is 4. The van der Waals surface area contributed by atoms with Gasteiger partial charge in [0.25, 0.3) is 0 Å². The number of hydrogen-bond donors (Lipinski definition) is 2. The number of aromatic hydroxyl groups is 2. The van der Waals surface area contributed by atoms with Gasteiger partial charge in [-0.15, -0.1) is 4.73 Å². The van der Waals surface area contributed by atoms with E-state index >= 15 is 0 Å². The molecule has 25 heavy (non-hydrogen) atoms. The van der Waals surface area contributed by atoms with E-state index in [0.29, 0.717) is 24.1 Å². The monoisotopic (exact) mass is 346 g/mol. The molecular formula is C17H18N2O6. The number of hydrogen-bond acceptors (Lipinski definition) is 6. The number of carbonyl (C=O) groups excluding carboxylic acids is 2. The second-order valence-electron chi connectivity index (χ2n) is 5.65. The van der Waals surface area contributed by atoms with Crippen LogP contribution in [-0.2, 0) is 16.1 Å². The van der Waals surface area contributed by atoms with Crippen molar-refractivity contribution in [2.24, 2.45) is 0 Å². The maximum absolute atomic E-state index is 12.3. The highest BCUT2D eigenvalue weighted by Gasteiger charge is 2.37. The second-order valence-corrected chi connectivity index (χ2v) is 5.65. The first-order valence-corrected chi connectivity index (χ1v) is 7.85. The molecule has 0 aliphatic carbocycles. The van der Waals surface area contributed by atoms with Gasteiger partial charge in [-0.1, -0.05) is 30.3 Å². The fourth-order valence-electron chi connectivity index (χ4n) is 2.68. The molecule has 2 heterocycles. The van der Waals surface area contributed by atoms with Crippen molar-refractivity contribution in [2.45, 2.75) is 25.5 Å². The highest BCUT2D eigenvalue weighted by atomic mass is 16.7. The lowest BCUT2D eigenvalue weighted by molar-refractivity contribution is -0.150. The van der Waals surface area contributed by atoms with Gasteiger partial charge in [-0.25, -0.2) is 9.59 Å². The Kier molecular flexibility index (Phi) is 4.78. The van der Waals surface area contributed by atoms with Gasteiger partial charge >= 0.3 is 12.1 Å². The number of benzene rings is 1. The Morgan fingerprint density at radius 1 is 1.08 bits per heavy atom. The molecule has 1 aliphatic heterocycles. The van der Waals surface area contributed by atoms with Crippen molar-refractivity contribution in [3.05, 3.63) is 48.0 Å². The average Bonchev–Trinajstić information content (AvgIpc) is 3.23. The van der Waals surface area contributed by atoms with Crippen molar-refractivity contribution in [1.29, 1.82) is 0 Å². The Bertz CT molecular complexity index is 738. The van der Waals surface area contributed by atoms with Crippen LogP contribution in [0, 0.1) is 0 Å². The van der Waals surface area contributed by atoms with Crippen molar-refractivity contribution >= 4 is 12.1 Å². The van der Waals surface area contributed by atoms with E-state index in [-0.39, 0.29) is 6.61 Å². The number of likely N-dealkylation sites (tertiary alicyclic amines) is 1. The van der Waals surface area contributed by atoms with Gasteiger partial charge in [-0.2, -0.15) is 0 Å². The van der Waals surface area contributed by atoms with E-state index in [0.717, 1.165) is 5.56 Å². The maximum Gasteiger partial charge on any atom is 0.410 e. The minimum Gasteiger partial charge on any atom is -0.492 e. The standard InChI is InChI=1S/C17H18N2O6/c20-14-8-9-15(21)19(14)25-16(22)13-7-4-10-18(13)17(23)24-11-12-5-2-1-3-6-12/h1-3,5-6,8-9,13,20-21H,4,7,10-11H2/t13-/m0/s1. The molecule has 1 aromatic carbocycles. The zero-order valence-corrected chi connectivity index (χ0v) is 13.4. The fraction of sp³-hybridized carbons (Fsp3) is 0.294. The Balaban J connectivity index is 1.61. The van der Waals surface area contributed by atoms with Crippen molar-refractivity contribution < 1.29 is 29.4 Å². The molecule has 1 saturated heterocycles. The predicted molar refractivity (Wildman–Crippen MR) is 85.7 cm³/mol. The Labute approximate surface area is 143 Å². The SMILES string of the molecule is O=C(On1c(O)ccc1O)[C@@H]1CCCN1C(=O)OCc1ccccc1. The molecule has 1 aliphatic rings. The van der Waals surface area contributed by atoms with Gasteiger partial charge in [0.15, 0.2) is 0 Å². The molecule has 132 valence electrons. The van der Waals surface area contributed by atoms with E-state index in [1.54, 1.807) is 0 Å². The van der Waals surface area contributed by atoms with Crippen molar-refractivity contribution in [1.82, 2.24) is 9.63 Å². The largest absolute Gasteiger partial charge is 0.492 e. The fourth-order valence-corrected chi connectivity index (χ4v) is 2.68. The number of nitrogens with zero attached hydrogens (tertiary/aromatic N) is 2. The Morgan fingerprint density at radius 3 is 2.44 bits per heavy atom. The summed E-state index contributed by atoms with van der Waals surface area (Å²) in [5.41, 5.74) is 0.844. The summed E-state index contributed by atoms with van der Waals surface area (Å²) in [4.78, 5) is 30.8. The third-order valence-corrected chi connectivity index (χ3v) is 3.94. The first-order chi connectivity index (χ1) is 12.1. The zero-order valence-electron chi connectivity index (χ0n) is 13.4. The van der Waals surface area contributed by atoms with E-state index in [1.807, 2.05) is 30.3 Å². The third-order valence-electron chi connectivity index (χ3n) is 3.94. The van der Waals surface area contributed by atoms with Crippen LogP contribution in [-0.4, -0.2) is 44.5 Å². The van der Waals surface area contributed by atoms with Gasteiger partial charge < -0.3 is 19.8 Å². The molecule has 3 rings (SSSR count). The van der Waals surface area contributed by atoms with Crippen LogP contribution in [0.25, 0.3) is 0 Å². The summed E-state index contributed by atoms with van der Waals surface area (Å²) in [6, 6.07) is 10.8. The summed E-state index contributed by atoms with van der Waals surface area (Å²) in [7, 11) is 0. The van der Waals surface area contributed by atoms with Crippen LogP contribution in [0.3, 0.4) is 0 Å². The van der Waals surface area contributed by atoms with E-state index in [1.165, 1.54) is 17.0 Å². The van der Waals surface area contributed by atoms with Crippen molar-refractivity contribution in [3.8, 4) is 11.8 Å². The predicted octanol–water partition coefficient (Wildman–Crippen LogP) is 1.66. The average molecular weight is 346 g/mol. The van der Waals surface area contributed by atoms with Crippen LogP contribution in [0.1, 0.15) is 18.4 Å². The first kappa shape index (κ1) is 16.7. The van der Waals surface area contributed by atoms with Gasteiger partial charge in [0, 0.05) is 18.7 Å². The lowest BCUT2D eigenvalue weighted by Gasteiger charge is -2.22. The number of amides is 1. The summed E-state index contributed by atoms with van der Waals surface area (Å²) < 4.78 is 5.85. The molecule has 8 nitrogen and oxygen atoms in total. The number of aromatic nitrogens is 1. The van der Waals surface area contributed by atoms with E-state index < -0.39 is 29.9 Å². The smallest absolute Gasteiger partial charge is 0.410 e. The van der Waals surface area contributed by atoms with Crippen LogP contribution >= 0.6 is 0 Å². The maximum atomic E-state index is 12.3. The molecule has 0 radical (unpaired) electrons. The van der Waals surface area contributed by atoms with E-state index in [9.17, 15) is 19.8 Å². The summed E-state index contributed by atoms with van der Waals surface area (Å²) in [6.07, 6.45) is 0.440. The van der Waals surface area contributed by atoms with Gasteiger partial charge in [0.1, 0.15) is 12.6 Å². The molecule has 2 N–H and O–H groups in total. The summed E-state index contributed by atoms with van der Waals surface area (Å²) in [5, 5.41) is 19.1. The summed E-state index contributed by atoms with van der Waals surface area (Å²) >= 11 is 0. The van der Waals surface area contributed by atoms with Gasteiger partial charge in [-0.3, -0.25) is 4.90 Å². The summed E-state index contributed by atoms with van der Waals surface area (Å²) in [5.74, 6) is -1.58. The van der Waals surface area contributed by atoms with E-state index in [4.69, 9.17) is 9.57 Å². The molecule has 0 spiro atoms. The minimum atomic E-state index is -0.829. The Hall–Kier alpha value is -3.16.